The van der Waals surface area contributed by atoms with Gasteiger partial charge in [-0.15, -0.1) is 0 Å². The fourth-order valence-corrected chi connectivity index (χ4v) is 2.38. The fourth-order valence-electron chi connectivity index (χ4n) is 2.38. The van der Waals surface area contributed by atoms with E-state index in [-0.39, 0.29) is 17.9 Å². The quantitative estimate of drug-likeness (QED) is 0.689. The van der Waals surface area contributed by atoms with Crippen molar-refractivity contribution >= 4 is 12.2 Å². The third-order valence-corrected chi connectivity index (χ3v) is 3.54. The summed E-state index contributed by atoms with van der Waals surface area (Å²) in [5.41, 5.74) is 1.13. The molecule has 4 heteroatoms. The van der Waals surface area contributed by atoms with Crippen LogP contribution in [-0.2, 0) is 16.1 Å². The van der Waals surface area contributed by atoms with Gasteiger partial charge in [0, 0.05) is 6.54 Å². The van der Waals surface area contributed by atoms with Crippen LogP contribution in [0.25, 0.3) is 0 Å². The second-order valence-electron chi connectivity index (χ2n) is 6.47. The predicted octanol–water partition coefficient (Wildman–Crippen LogP) is 2.53. The van der Waals surface area contributed by atoms with Gasteiger partial charge in [-0.1, -0.05) is 58.0 Å². The smallest absolute Gasteiger partial charge is 0.237 e. The molecule has 0 aliphatic heterocycles. The number of nitrogens with one attached hydrogen (secondary N) is 2. The molecule has 1 aromatic carbocycles. The van der Waals surface area contributed by atoms with E-state index in [9.17, 15) is 9.59 Å². The molecule has 122 valence electrons. The SMILES string of the molecule is CC(C)C[C@@H](C=O)NC(=O)C(NCc1ccccc1)C(C)C. The van der Waals surface area contributed by atoms with Gasteiger partial charge in [0.05, 0.1) is 12.1 Å². The normalized spacial score (nSPS) is 13.9. The van der Waals surface area contributed by atoms with Gasteiger partial charge in [0.15, 0.2) is 0 Å². The summed E-state index contributed by atoms with van der Waals surface area (Å²) in [6, 6.07) is 9.25. The molecule has 0 heterocycles. The lowest BCUT2D eigenvalue weighted by atomic mass is 10.0. The zero-order valence-electron chi connectivity index (χ0n) is 14.0. The number of hydrogen-bond acceptors (Lipinski definition) is 3. The van der Waals surface area contributed by atoms with Crippen molar-refractivity contribution in [3.05, 3.63) is 35.9 Å². The molecule has 22 heavy (non-hydrogen) atoms. The minimum absolute atomic E-state index is 0.108. The minimum atomic E-state index is -0.410. The zero-order chi connectivity index (χ0) is 16.5. The van der Waals surface area contributed by atoms with Gasteiger partial charge in [-0.05, 0) is 23.8 Å². The van der Waals surface area contributed by atoms with Crippen molar-refractivity contribution in [2.45, 2.75) is 52.7 Å². The van der Waals surface area contributed by atoms with Crippen LogP contribution >= 0.6 is 0 Å². The topological polar surface area (TPSA) is 58.2 Å². The standard InChI is InChI=1S/C18H28N2O2/c1-13(2)10-16(12-21)20-18(22)17(14(3)4)19-11-15-8-6-5-7-9-15/h5-9,12-14,16-17,19H,10-11H2,1-4H3,(H,20,22)/t16-,17?/m0/s1. The van der Waals surface area contributed by atoms with E-state index in [2.05, 4.69) is 10.6 Å². The van der Waals surface area contributed by atoms with Crippen molar-refractivity contribution in [1.82, 2.24) is 10.6 Å². The van der Waals surface area contributed by atoms with Gasteiger partial charge in [-0.3, -0.25) is 4.79 Å². The van der Waals surface area contributed by atoms with E-state index in [1.54, 1.807) is 0 Å². The van der Waals surface area contributed by atoms with E-state index in [1.807, 2.05) is 58.0 Å². The summed E-state index contributed by atoms with van der Waals surface area (Å²) in [5, 5.41) is 6.14. The Morgan fingerprint density at radius 2 is 1.77 bits per heavy atom. The van der Waals surface area contributed by atoms with E-state index in [4.69, 9.17) is 0 Å². The van der Waals surface area contributed by atoms with Crippen LogP contribution in [0.15, 0.2) is 30.3 Å². The zero-order valence-corrected chi connectivity index (χ0v) is 14.0. The molecule has 2 N–H and O–H groups in total. The molecule has 0 saturated carbocycles. The Labute approximate surface area is 133 Å². The van der Waals surface area contributed by atoms with Crippen molar-refractivity contribution in [2.75, 3.05) is 0 Å². The summed E-state index contributed by atoms with van der Waals surface area (Å²) in [5.74, 6) is 0.407. The number of amides is 1. The van der Waals surface area contributed by atoms with Crippen molar-refractivity contribution in [1.29, 1.82) is 0 Å². The van der Waals surface area contributed by atoms with Gasteiger partial charge >= 0.3 is 0 Å². The van der Waals surface area contributed by atoms with Crippen molar-refractivity contribution in [3.63, 3.8) is 0 Å². The maximum atomic E-state index is 12.4. The molecule has 0 aliphatic rings. The van der Waals surface area contributed by atoms with Crippen molar-refractivity contribution in [3.8, 4) is 0 Å². The fraction of sp³-hybridized carbons (Fsp3) is 0.556. The highest BCUT2D eigenvalue weighted by Gasteiger charge is 2.24. The highest BCUT2D eigenvalue weighted by atomic mass is 16.2. The van der Waals surface area contributed by atoms with E-state index < -0.39 is 6.04 Å². The molecule has 0 fully saturated rings. The van der Waals surface area contributed by atoms with E-state index in [0.717, 1.165) is 11.8 Å². The van der Waals surface area contributed by atoms with Gasteiger partial charge in [-0.25, -0.2) is 0 Å². The van der Waals surface area contributed by atoms with Gasteiger partial charge in [-0.2, -0.15) is 0 Å². The van der Waals surface area contributed by atoms with Crippen LogP contribution in [0.2, 0.25) is 0 Å². The van der Waals surface area contributed by atoms with Crippen LogP contribution in [0, 0.1) is 11.8 Å². The third-order valence-electron chi connectivity index (χ3n) is 3.54. The van der Waals surface area contributed by atoms with Crippen LogP contribution in [0.4, 0.5) is 0 Å². The van der Waals surface area contributed by atoms with Crippen LogP contribution < -0.4 is 10.6 Å². The number of hydrogen-bond donors (Lipinski definition) is 2. The summed E-state index contributed by atoms with van der Waals surface area (Å²) in [6.45, 7) is 8.71. The van der Waals surface area contributed by atoms with E-state index in [1.165, 1.54) is 0 Å². The largest absolute Gasteiger partial charge is 0.345 e. The highest BCUT2D eigenvalue weighted by Crippen LogP contribution is 2.07. The maximum Gasteiger partial charge on any atom is 0.237 e. The molecule has 0 saturated heterocycles. The average molecular weight is 304 g/mol. The average Bonchev–Trinajstić information content (AvgIpc) is 2.47. The number of rotatable bonds is 9. The molecule has 1 unspecified atom stereocenters. The van der Waals surface area contributed by atoms with Gasteiger partial charge < -0.3 is 15.4 Å². The lowest BCUT2D eigenvalue weighted by Gasteiger charge is -2.24. The molecule has 0 aliphatic carbocycles. The van der Waals surface area contributed by atoms with Crippen LogP contribution in [-0.4, -0.2) is 24.3 Å². The predicted molar refractivity (Wildman–Crippen MR) is 89.4 cm³/mol. The molecule has 4 nitrogen and oxygen atoms in total. The molecule has 1 rings (SSSR count). The maximum absolute atomic E-state index is 12.4. The highest BCUT2D eigenvalue weighted by molar-refractivity contribution is 5.84. The molecule has 1 aromatic rings. The Balaban J connectivity index is 2.61. The Morgan fingerprint density at radius 3 is 2.27 bits per heavy atom. The van der Waals surface area contributed by atoms with Crippen LogP contribution in [0.1, 0.15) is 39.7 Å². The monoisotopic (exact) mass is 304 g/mol. The summed E-state index contributed by atoms with van der Waals surface area (Å²) in [4.78, 5) is 23.5. The number of aldehydes is 1. The van der Waals surface area contributed by atoms with Crippen molar-refractivity contribution in [2.24, 2.45) is 11.8 Å². The van der Waals surface area contributed by atoms with Crippen LogP contribution in [0.5, 0.6) is 0 Å². The Bertz CT molecular complexity index is 457. The molecule has 0 radical (unpaired) electrons. The van der Waals surface area contributed by atoms with E-state index in [0.29, 0.717) is 18.9 Å². The van der Waals surface area contributed by atoms with E-state index >= 15 is 0 Å². The Hall–Kier alpha value is -1.68. The summed E-state index contributed by atoms with van der Waals surface area (Å²) in [6.07, 6.45) is 1.49. The lowest BCUT2D eigenvalue weighted by molar-refractivity contribution is -0.127. The van der Waals surface area contributed by atoms with Gasteiger partial charge in [0.1, 0.15) is 6.29 Å². The second-order valence-corrected chi connectivity index (χ2v) is 6.47. The number of benzene rings is 1. The first-order chi connectivity index (χ1) is 10.4. The summed E-state index contributed by atoms with van der Waals surface area (Å²) < 4.78 is 0. The number of carbonyl (C=O) groups is 2. The second kappa shape index (κ2) is 9.36. The summed E-state index contributed by atoms with van der Waals surface area (Å²) in [7, 11) is 0. The molecular formula is C18H28N2O2. The summed E-state index contributed by atoms with van der Waals surface area (Å²) >= 11 is 0. The Morgan fingerprint density at radius 1 is 1.14 bits per heavy atom. The van der Waals surface area contributed by atoms with Crippen LogP contribution in [0.3, 0.4) is 0 Å². The Kier molecular flexibility index (Phi) is 7.82. The molecule has 0 aromatic heterocycles. The first-order valence-corrected chi connectivity index (χ1v) is 7.97. The molecular weight excluding hydrogens is 276 g/mol. The number of carbonyl (C=O) groups excluding carboxylic acids is 2. The van der Waals surface area contributed by atoms with Crippen molar-refractivity contribution < 1.29 is 9.59 Å². The third kappa shape index (κ3) is 6.39. The van der Waals surface area contributed by atoms with Gasteiger partial charge in [0.25, 0.3) is 0 Å². The lowest BCUT2D eigenvalue weighted by Crippen LogP contribution is -2.50. The van der Waals surface area contributed by atoms with Gasteiger partial charge in [0.2, 0.25) is 5.91 Å². The first-order valence-electron chi connectivity index (χ1n) is 7.97. The first kappa shape index (κ1) is 18.4. The molecule has 0 bridgehead atoms. The minimum Gasteiger partial charge on any atom is -0.345 e. The molecule has 2 atom stereocenters. The molecule has 0 spiro atoms. The molecule has 1 amide bonds.